The Labute approximate surface area is 182 Å². The van der Waals surface area contributed by atoms with Crippen molar-refractivity contribution in [1.82, 2.24) is 10.4 Å². The second kappa shape index (κ2) is 9.33. The summed E-state index contributed by atoms with van der Waals surface area (Å²) < 4.78 is 6.93. The molecular formula is C24H18BrN3O2. The van der Waals surface area contributed by atoms with E-state index < -0.39 is 0 Å². The van der Waals surface area contributed by atoms with Crippen molar-refractivity contribution in [1.29, 1.82) is 0 Å². The van der Waals surface area contributed by atoms with Gasteiger partial charge in [-0.1, -0.05) is 64.5 Å². The monoisotopic (exact) mass is 459 g/mol. The number of para-hydroxylation sites is 2. The molecule has 148 valence electrons. The quantitative estimate of drug-likeness (QED) is 0.312. The number of amides is 1. The smallest absolute Gasteiger partial charge is 0.289 e. The van der Waals surface area contributed by atoms with Crippen molar-refractivity contribution in [3.63, 3.8) is 0 Å². The number of halogens is 1. The number of nitrogens with one attached hydrogen (secondary N) is 1. The molecule has 1 aromatic heterocycles. The lowest BCUT2D eigenvalue weighted by Crippen LogP contribution is -2.19. The van der Waals surface area contributed by atoms with Crippen LogP contribution < -0.4 is 10.2 Å². The third kappa shape index (κ3) is 4.90. The lowest BCUT2D eigenvalue weighted by atomic mass is 10.2. The van der Waals surface area contributed by atoms with E-state index in [0.717, 1.165) is 26.5 Å². The zero-order valence-electron chi connectivity index (χ0n) is 16.0. The van der Waals surface area contributed by atoms with Crippen molar-refractivity contribution < 1.29 is 9.53 Å². The highest BCUT2D eigenvalue weighted by Crippen LogP contribution is 2.19. The van der Waals surface area contributed by atoms with Crippen LogP contribution in [0, 0.1) is 0 Å². The van der Waals surface area contributed by atoms with E-state index in [4.69, 9.17) is 4.74 Å². The minimum absolute atomic E-state index is 0.310. The van der Waals surface area contributed by atoms with Crippen LogP contribution in [0.4, 0.5) is 0 Å². The summed E-state index contributed by atoms with van der Waals surface area (Å²) in [6, 6.07) is 26.7. The van der Waals surface area contributed by atoms with E-state index in [0.29, 0.717) is 18.1 Å². The van der Waals surface area contributed by atoms with Gasteiger partial charge in [-0.25, -0.2) is 10.4 Å². The normalized spacial score (nSPS) is 11.0. The summed E-state index contributed by atoms with van der Waals surface area (Å²) in [5.74, 6) is 0.309. The third-order valence-electron chi connectivity index (χ3n) is 4.40. The number of pyridine rings is 1. The molecule has 0 spiro atoms. The largest absolute Gasteiger partial charge is 0.488 e. The van der Waals surface area contributed by atoms with Gasteiger partial charge in [-0.05, 0) is 42.0 Å². The van der Waals surface area contributed by atoms with Crippen molar-refractivity contribution in [2.45, 2.75) is 6.61 Å². The van der Waals surface area contributed by atoms with Crippen molar-refractivity contribution in [3.05, 3.63) is 106 Å². The van der Waals surface area contributed by atoms with Gasteiger partial charge in [-0.3, -0.25) is 4.79 Å². The molecule has 1 heterocycles. The molecule has 0 fully saturated rings. The van der Waals surface area contributed by atoms with E-state index in [-0.39, 0.29) is 5.91 Å². The first kappa shape index (κ1) is 19.8. The standard InChI is InChI=1S/C24H18BrN3O2/c25-20-9-5-6-17(14-20)16-30-23-11-4-2-8-19(23)15-26-28-24(29)22-13-12-18-7-1-3-10-21(18)27-22/h1-15H,16H2,(H,28,29)/b26-15-. The van der Waals surface area contributed by atoms with Gasteiger partial charge in [-0.15, -0.1) is 0 Å². The average Bonchev–Trinajstić information content (AvgIpc) is 2.78. The first-order valence-corrected chi connectivity index (χ1v) is 10.1. The molecule has 1 N–H and O–H groups in total. The van der Waals surface area contributed by atoms with Gasteiger partial charge in [0.15, 0.2) is 0 Å². The molecule has 0 aliphatic rings. The van der Waals surface area contributed by atoms with E-state index in [1.54, 1.807) is 12.3 Å². The molecule has 0 radical (unpaired) electrons. The second-order valence-corrected chi connectivity index (χ2v) is 7.46. The van der Waals surface area contributed by atoms with Crippen LogP contribution >= 0.6 is 15.9 Å². The maximum Gasteiger partial charge on any atom is 0.289 e. The van der Waals surface area contributed by atoms with Crippen LogP contribution in [-0.2, 0) is 6.61 Å². The summed E-state index contributed by atoms with van der Waals surface area (Å²) in [5.41, 5.74) is 5.41. The Bertz CT molecular complexity index is 1220. The summed E-state index contributed by atoms with van der Waals surface area (Å²) in [5, 5.41) is 5.06. The van der Waals surface area contributed by atoms with Crippen LogP contribution in [0.2, 0.25) is 0 Å². The van der Waals surface area contributed by atoms with Crippen molar-refractivity contribution in [2.24, 2.45) is 5.10 Å². The molecule has 0 unspecified atom stereocenters. The van der Waals surface area contributed by atoms with Crippen LogP contribution in [0.5, 0.6) is 5.75 Å². The first-order chi connectivity index (χ1) is 14.7. The fourth-order valence-electron chi connectivity index (χ4n) is 2.92. The van der Waals surface area contributed by atoms with Gasteiger partial charge >= 0.3 is 0 Å². The molecule has 0 aliphatic carbocycles. The number of aromatic nitrogens is 1. The van der Waals surface area contributed by atoms with E-state index in [1.165, 1.54) is 0 Å². The lowest BCUT2D eigenvalue weighted by molar-refractivity contribution is 0.0950. The molecule has 30 heavy (non-hydrogen) atoms. The predicted octanol–water partition coefficient (Wildman–Crippen LogP) is 5.34. The Morgan fingerprint density at radius 1 is 1.00 bits per heavy atom. The number of benzene rings is 3. The van der Waals surface area contributed by atoms with Crippen LogP contribution in [0.3, 0.4) is 0 Å². The summed E-state index contributed by atoms with van der Waals surface area (Å²) >= 11 is 3.46. The summed E-state index contributed by atoms with van der Waals surface area (Å²) in [7, 11) is 0. The molecule has 0 atom stereocenters. The zero-order valence-corrected chi connectivity index (χ0v) is 17.5. The van der Waals surface area contributed by atoms with Crippen LogP contribution in [-0.4, -0.2) is 17.1 Å². The fourth-order valence-corrected chi connectivity index (χ4v) is 3.36. The lowest BCUT2D eigenvalue weighted by Gasteiger charge is -2.09. The van der Waals surface area contributed by atoms with Crippen LogP contribution in [0.25, 0.3) is 10.9 Å². The highest BCUT2D eigenvalue weighted by Gasteiger charge is 2.07. The maximum absolute atomic E-state index is 12.4. The predicted molar refractivity (Wildman–Crippen MR) is 122 cm³/mol. The summed E-state index contributed by atoms with van der Waals surface area (Å²) in [4.78, 5) is 16.8. The Morgan fingerprint density at radius 2 is 1.83 bits per heavy atom. The topological polar surface area (TPSA) is 63.6 Å². The molecule has 0 bridgehead atoms. The minimum Gasteiger partial charge on any atom is -0.488 e. The molecular weight excluding hydrogens is 442 g/mol. The average molecular weight is 460 g/mol. The van der Waals surface area contributed by atoms with Gasteiger partial charge in [-0.2, -0.15) is 5.10 Å². The Morgan fingerprint density at radius 3 is 2.73 bits per heavy atom. The second-order valence-electron chi connectivity index (χ2n) is 6.54. The van der Waals surface area contributed by atoms with Gasteiger partial charge in [0.1, 0.15) is 18.1 Å². The van der Waals surface area contributed by atoms with Crippen LogP contribution in [0.1, 0.15) is 21.6 Å². The summed E-state index contributed by atoms with van der Waals surface area (Å²) in [6.45, 7) is 0.428. The molecule has 0 aliphatic heterocycles. The molecule has 6 heteroatoms. The number of carbonyl (C=O) groups is 1. The number of carbonyl (C=O) groups excluding carboxylic acids is 1. The minimum atomic E-state index is -0.371. The Kier molecular flexibility index (Phi) is 6.15. The summed E-state index contributed by atoms with van der Waals surface area (Å²) in [6.07, 6.45) is 1.56. The highest BCUT2D eigenvalue weighted by molar-refractivity contribution is 9.10. The van der Waals surface area contributed by atoms with E-state index >= 15 is 0 Å². The number of rotatable bonds is 6. The molecule has 0 saturated carbocycles. The van der Waals surface area contributed by atoms with Gasteiger partial charge in [0.2, 0.25) is 0 Å². The number of nitrogens with zero attached hydrogens (tertiary/aromatic N) is 2. The Balaban J connectivity index is 1.42. The number of ether oxygens (including phenoxy) is 1. The molecule has 5 nitrogen and oxygen atoms in total. The van der Waals surface area contributed by atoms with Gasteiger partial charge in [0.25, 0.3) is 5.91 Å². The van der Waals surface area contributed by atoms with Gasteiger partial charge in [0, 0.05) is 15.4 Å². The van der Waals surface area contributed by atoms with E-state index in [9.17, 15) is 4.79 Å². The van der Waals surface area contributed by atoms with Crippen LogP contribution in [0.15, 0.2) is 94.5 Å². The molecule has 4 rings (SSSR count). The molecule has 0 saturated heterocycles. The fraction of sp³-hybridized carbons (Fsp3) is 0.0417. The molecule has 1 amide bonds. The van der Waals surface area contributed by atoms with Crippen molar-refractivity contribution in [3.8, 4) is 5.75 Å². The highest BCUT2D eigenvalue weighted by atomic mass is 79.9. The molecule has 3 aromatic carbocycles. The molecule has 4 aromatic rings. The number of fused-ring (bicyclic) bond motifs is 1. The van der Waals surface area contributed by atoms with E-state index in [1.807, 2.05) is 78.9 Å². The van der Waals surface area contributed by atoms with Crippen molar-refractivity contribution >= 4 is 39.0 Å². The maximum atomic E-state index is 12.4. The van der Waals surface area contributed by atoms with E-state index in [2.05, 4.69) is 31.4 Å². The van der Waals surface area contributed by atoms with Crippen molar-refractivity contribution in [2.75, 3.05) is 0 Å². The SMILES string of the molecule is O=C(N/N=C\c1ccccc1OCc1cccc(Br)c1)c1ccc2ccccc2n1. The number of hydrogen-bond donors (Lipinski definition) is 1. The van der Waals surface area contributed by atoms with Gasteiger partial charge < -0.3 is 4.74 Å². The third-order valence-corrected chi connectivity index (χ3v) is 4.90. The van der Waals surface area contributed by atoms with Gasteiger partial charge in [0.05, 0.1) is 11.7 Å². The number of hydrogen-bond acceptors (Lipinski definition) is 4. The first-order valence-electron chi connectivity index (χ1n) is 9.34. The Hall–Kier alpha value is -3.51. The number of hydrazone groups is 1. The zero-order chi connectivity index (χ0) is 20.8.